The van der Waals surface area contributed by atoms with Crippen molar-refractivity contribution in [3.8, 4) is 5.75 Å². The van der Waals surface area contributed by atoms with Crippen molar-refractivity contribution in [2.45, 2.75) is 13.0 Å². The SMILES string of the molecule is CC(O)c1nc(Cl)c(O)c(I)n1. The van der Waals surface area contributed by atoms with Crippen LogP contribution >= 0.6 is 34.2 Å². The van der Waals surface area contributed by atoms with Gasteiger partial charge in [-0.1, -0.05) is 11.6 Å². The van der Waals surface area contributed by atoms with Gasteiger partial charge in [-0.2, -0.15) is 0 Å². The van der Waals surface area contributed by atoms with Crippen molar-refractivity contribution in [3.63, 3.8) is 0 Å². The standard InChI is InChI=1S/C6H6ClIN2O2/c1-2(11)6-9-4(7)3(12)5(8)10-6/h2,11-12H,1H3. The van der Waals surface area contributed by atoms with Crippen molar-refractivity contribution < 1.29 is 10.2 Å². The summed E-state index contributed by atoms with van der Waals surface area (Å²) in [5.74, 6) is 0.0591. The van der Waals surface area contributed by atoms with Crippen molar-refractivity contribution >= 4 is 34.2 Å². The van der Waals surface area contributed by atoms with Gasteiger partial charge in [0.15, 0.2) is 16.7 Å². The molecular weight excluding hydrogens is 294 g/mol. The molecule has 1 atom stereocenters. The van der Waals surface area contributed by atoms with Crippen LogP contribution in [0.2, 0.25) is 5.15 Å². The number of halogens is 2. The summed E-state index contributed by atoms with van der Waals surface area (Å²) in [6, 6.07) is 0. The van der Waals surface area contributed by atoms with Crippen molar-refractivity contribution in [3.05, 3.63) is 14.7 Å². The van der Waals surface area contributed by atoms with E-state index < -0.39 is 6.10 Å². The van der Waals surface area contributed by atoms with Gasteiger partial charge in [0.1, 0.15) is 9.80 Å². The Morgan fingerprint density at radius 3 is 2.50 bits per heavy atom. The van der Waals surface area contributed by atoms with Gasteiger partial charge < -0.3 is 10.2 Å². The summed E-state index contributed by atoms with van der Waals surface area (Å²) in [5, 5.41) is 18.2. The smallest absolute Gasteiger partial charge is 0.185 e. The van der Waals surface area contributed by atoms with Crippen LogP contribution in [-0.4, -0.2) is 20.2 Å². The topological polar surface area (TPSA) is 66.2 Å². The highest BCUT2D eigenvalue weighted by Crippen LogP contribution is 2.26. The Morgan fingerprint density at radius 2 is 2.08 bits per heavy atom. The second kappa shape index (κ2) is 3.71. The highest BCUT2D eigenvalue weighted by Gasteiger charge is 2.12. The molecule has 0 radical (unpaired) electrons. The van der Waals surface area contributed by atoms with E-state index in [1.807, 2.05) is 22.6 Å². The lowest BCUT2D eigenvalue weighted by molar-refractivity contribution is 0.188. The van der Waals surface area contributed by atoms with Crippen LogP contribution < -0.4 is 0 Å². The molecule has 12 heavy (non-hydrogen) atoms. The van der Waals surface area contributed by atoms with E-state index in [2.05, 4.69) is 9.97 Å². The number of aliphatic hydroxyl groups excluding tert-OH is 1. The Bertz CT molecular complexity index is 283. The Kier molecular flexibility index (Phi) is 3.08. The number of hydrogen-bond donors (Lipinski definition) is 2. The molecule has 1 aromatic heterocycles. The number of aliphatic hydroxyl groups is 1. The van der Waals surface area contributed by atoms with Crippen molar-refractivity contribution in [2.75, 3.05) is 0 Å². The summed E-state index contributed by atoms with van der Waals surface area (Å²) in [5.41, 5.74) is 0. The summed E-state index contributed by atoms with van der Waals surface area (Å²) in [6.07, 6.45) is -0.781. The molecule has 1 heterocycles. The lowest BCUT2D eigenvalue weighted by Gasteiger charge is -2.04. The average Bonchev–Trinajstić information content (AvgIpc) is 1.99. The maximum Gasteiger partial charge on any atom is 0.185 e. The van der Waals surface area contributed by atoms with E-state index in [4.69, 9.17) is 21.8 Å². The molecule has 6 heteroatoms. The van der Waals surface area contributed by atoms with Gasteiger partial charge in [-0.3, -0.25) is 0 Å². The van der Waals surface area contributed by atoms with Crippen LogP contribution in [0.4, 0.5) is 0 Å². The van der Waals surface area contributed by atoms with E-state index in [0.29, 0.717) is 3.70 Å². The number of hydrogen-bond acceptors (Lipinski definition) is 4. The maximum absolute atomic E-state index is 9.17. The van der Waals surface area contributed by atoms with Crippen LogP contribution in [0.25, 0.3) is 0 Å². The Labute approximate surface area is 87.8 Å². The first-order valence-electron chi connectivity index (χ1n) is 3.12. The van der Waals surface area contributed by atoms with Crippen LogP contribution in [0.1, 0.15) is 18.9 Å². The van der Waals surface area contributed by atoms with Crippen LogP contribution in [0.5, 0.6) is 5.75 Å². The largest absolute Gasteiger partial charge is 0.503 e. The lowest BCUT2D eigenvalue weighted by Crippen LogP contribution is -2.01. The Hall–Kier alpha value is -0.140. The molecule has 4 nitrogen and oxygen atoms in total. The van der Waals surface area contributed by atoms with Crippen molar-refractivity contribution in [1.82, 2.24) is 9.97 Å². The molecule has 66 valence electrons. The van der Waals surface area contributed by atoms with Gasteiger partial charge >= 0.3 is 0 Å². The van der Waals surface area contributed by atoms with Gasteiger partial charge in [-0.15, -0.1) is 0 Å². The highest BCUT2D eigenvalue weighted by molar-refractivity contribution is 14.1. The first kappa shape index (κ1) is 9.94. The molecule has 0 aromatic carbocycles. The molecule has 0 aliphatic heterocycles. The van der Waals surface area contributed by atoms with Gasteiger partial charge in [0.25, 0.3) is 0 Å². The molecule has 1 aromatic rings. The molecule has 2 N–H and O–H groups in total. The quantitative estimate of drug-likeness (QED) is 0.609. The number of nitrogens with zero attached hydrogens (tertiary/aromatic N) is 2. The Morgan fingerprint density at radius 1 is 1.50 bits per heavy atom. The Balaban J connectivity index is 3.21. The minimum Gasteiger partial charge on any atom is -0.503 e. The van der Waals surface area contributed by atoms with Gasteiger partial charge in [0.2, 0.25) is 0 Å². The lowest BCUT2D eigenvalue weighted by atomic mass is 10.4. The molecule has 0 spiro atoms. The zero-order chi connectivity index (χ0) is 9.30. The fraction of sp³-hybridized carbons (Fsp3) is 0.333. The van der Waals surface area contributed by atoms with E-state index in [9.17, 15) is 0 Å². The van der Waals surface area contributed by atoms with E-state index in [0.717, 1.165) is 0 Å². The van der Waals surface area contributed by atoms with Crippen molar-refractivity contribution in [2.24, 2.45) is 0 Å². The van der Waals surface area contributed by atoms with Crippen LogP contribution in [-0.2, 0) is 0 Å². The fourth-order valence-corrected chi connectivity index (χ4v) is 1.44. The maximum atomic E-state index is 9.17. The molecule has 0 aliphatic carbocycles. The molecule has 1 unspecified atom stereocenters. The normalized spacial score (nSPS) is 13.0. The molecule has 1 rings (SSSR count). The zero-order valence-electron chi connectivity index (χ0n) is 6.12. The molecule has 0 aliphatic rings. The number of rotatable bonds is 1. The summed E-state index contributed by atoms with van der Waals surface area (Å²) < 4.78 is 0.337. The minimum atomic E-state index is -0.781. The molecule has 0 amide bonds. The van der Waals surface area contributed by atoms with Crippen LogP contribution in [0, 0.1) is 3.70 Å². The van der Waals surface area contributed by atoms with Gasteiger partial charge in [0.05, 0.1) is 0 Å². The predicted octanol–water partition coefficient (Wildman–Crippen LogP) is 1.49. The molecule has 0 fully saturated rings. The van der Waals surface area contributed by atoms with E-state index in [-0.39, 0.29) is 16.7 Å². The summed E-state index contributed by atoms with van der Waals surface area (Å²) >= 11 is 7.36. The summed E-state index contributed by atoms with van der Waals surface area (Å²) in [7, 11) is 0. The molecule has 0 bridgehead atoms. The molecule has 0 saturated carbocycles. The average molecular weight is 300 g/mol. The monoisotopic (exact) mass is 300 g/mol. The van der Waals surface area contributed by atoms with Crippen LogP contribution in [0.3, 0.4) is 0 Å². The van der Waals surface area contributed by atoms with Gasteiger partial charge in [0, 0.05) is 0 Å². The fourth-order valence-electron chi connectivity index (χ4n) is 0.604. The van der Waals surface area contributed by atoms with Crippen LogP contribution in [0.15, 0.2) is 0 Å². The second-order valence-electron chi connectivity index (χ2n) is 2.19. The van der Waals surface area contributed by atoms with E-state index in [1.54, 1.807) is 0 Å². The van der Waals surface area contributed by atoms with Gasteiger partial charge in [-0.25, -0.2) is 9.97 Å². The third-order valence-corrected chi connectivity index (χ3v) is 2.21. The number of aromatic hydroxyl groups is 1. The summed E-state index contributed by atoms with van der Waals surface area (Å²) in [4.78, 5) is 7.51. The number of aromatic nitrogens is 2. The predicted molar refractivity (Wildman–Crippen MR) is 52.1 cm³/mol. The third-order valence-electron chi connectivity index (χ3n) is 1.19. The van der Waals surface area contributed by atoms with Gasteiger partial charge in [-0.05, 0) is 29.5 Å². The first-order chi connectivity index (χ1) is 5.52. The molecular formula is C6H6ClIN2O2. The first-order valence-corrected chi connectivity index (χ1v) is 4.58. The highest BCUT2D eigenvalue weighted by atomic mass is 127. The zero-order valence-corrected chi connectivity index (χ0v) is 9.04. The molecule has 0 saturated heterocycles. The van der Waals surface area contributed by atoms with Crippen molar-refractivity contribution in [1.29, 1.82) is 0 Å². The summed E-state index contributed by atoms with van der Waals surface area (Å²) in [6.45, 7) is 1.53. The third kappa shape index (κ3) is 1.96. The minimum absolute atomic E-state index is 0.0368. The van der Waals surface area contributed by atoms with E-state index >= 15 is 0 Å². The second-order valence-corrected chi connectivity index (χ2v) is 3.57. The van der Waals surface area contributed by atoms with E-state index in [1.165, 1.54) is 6.92 Å².